The molecule has 2 nitrogen and oxygen atoms in total. The van der Waals surface area contributed by atoms with Crippen LogP contribution in [-0.4, -0.2) is 4.98 Å². The number of nitrogens with zero attached hydrogens (tertiary/aromatic N) is 1. The molecule has 0 saturated carbocycles. The van der Waals surface area contributed by atoms with Crippen LogP contribution in [0.5, 0.6) is 0 Å². The first kappa shape index (κ1) is 37.0. The summed E-state index contributed by atoms with van der Waals surface area (Å²) in [5.74, 6) is 0. The van der Waals surface area contributed by atoms with Crippen LogP contribution in [0.3, 0.4) is 0 Å². The van der Waals surface area contributed by atoms with Crippen molar-refractivity contribution in [3.63, 3.8) is 0 Å². The first-order valence-corrected chi connectivity index (χ1v) is 21.3. The molecule has 292 valence electrons. The van der Waals surface area contributed by atoms with Crippen LogP contribution < -0.4 is 5.32 Å². The number of fused-ring (bicyclic) bond motifs is 3. The zero-order valence-corrected chi connectivity index (χ0v) is 34.1. The van der Waals surface area contributed by atoms with Gasteiger partial charge in [-0.25, -0.2) is 4.98 Å². The first-order chi connectivity index (χ1) is 30.7. The second-order valence-corrected chi connectivity index (χ2v) is 16.0. The van der Waals surface area contributed by atoms with E-state index < -0.39 is 0 Å². The summed E-state index contributed by atoms with van der Waals surface area (Å²) in [6.45, 7) is 0. The molecule has 0 aliphatic carbocycles. The van der Waals surface area contributed by atoms with Gasteiger partial charge in [-0.2, -0.15) is 0 Å². The maximum absolute atomic E-state index is 5.53. The molecule has 9 aromatic carbocycles. The Bertz CT molecular complexity index is 3220. The monoisotopic (exact) mass is 790 g/mol. The van der Waals surface area contributed by atoms with E-state index in [0.29, 0.717) is 0 Å². The highest BCUT2D eigenvalue weighted by atomic mass is 14.9. The molecule has 1 aliphatic rings. The van der Waals surface area contributed by atoms with Gasteiger partial charge in [0.15, 0.2) is 0 Å². The lowest BCUT2D eigenvalue weighted by Crippen LogP contribution is -2.21. The molecule has 62 heavy (non-hydrogen) atoms. The SMILES string of the molecule is C1=C(c2cccc(-c3cc4ccccc4c4c(-c5ccccc5)cc(-c5ccccc5)nc34)c2)C=C(c2cc(-c3ccccc3)cc(-c3ccccc3)c2)NC1c1ccccc1. The van der Waals surface area contributed by atoms with Gasteiger partial charge in [-0.15, -0.1) is 0 Å². The van der Waals surface area contributed by atoms with Gasteiger partial charge >= 0.3 is 0 Å². The van der Waals surface area contributed by atoms with Crippen molar-refractivity contribution in [3.05, 3.63) is 259 Å². The van der Waals surface area contributed by atoms with Crippen LogP contribution in [0, 0.1) is 0 Å². The van der Waals surface area contributed by atoms with Crippen molar-refractivity contribution in [1.29, 1.82) is 0 Å². The molecule has 2 heteroatoms. The molecule has 11 rings (SSSR count). The molecule has 0 saturated heterocycles. The van der Waals surface area contributed by atoms with Crippen LogP contribution in [0.15, 0.2) is 243 Å². The number of hydrogen-bond acceptors (Lipinski definition) is 2. The summed E-state index contributed by atoms with van der Waals surface area (Å²) in [5, 5.41) is 7.49. The smallest absolute Gasteiger partial charge is 0.0800 e. The van der Waals surface area contributed by atoms with E-state index in [1.54, 1.807) is 0 Å². The van der Waals surface area contributed by atoms with E-state index in [0.717, 1.165) is 55.7 Å². The van der Waals surface area contributed by atoms with Crippen LogP contribution in [0.4, 0.5) is 0 Å². The van der Waals surface area contributed by atoms with E-state index >= 15 is 0 Å². The maximum atomic E-state index is 5.53. The van der Waals surface area contributed by atoms with Gasteiger partial charge in [0, 0.05) is 22.2 Å². The molecule has 0 bridgehead atoms. The molecule has 1 N–H and O–H groups in total. The summed E-state index contributed by atoms with van der Waals surface area (Å²) in [6.07, 6.45) is 4.70. The van der Waals surface area contributed by atoms with Crippen molar-refractivity contribution in [3.8, 4) is 55.8 Å². The topological polar surface area (TPSA) is 24.9 Å². The standard InChI is InChI=1S/C60H42N2/c1-6-19-41(20-7-1)49-34-50(42-21-8-2-9-22-42)36-52(35-49)57-39-51(38-56(61-57)44-25-12-4-13-26-44)46-30-18-31-47(33-46)55-37-48-29-16-17-32-53(48)59-54(43-23-10-3-11-24-43)40-58(62-60(55)59)45-27-14-5-15-28-45/h1-40,56,61H. The van der Waals surface area contributed by atoms with Crippen LogP contribution >= 0.6 is 0 Å². The van der Waals surface area contributed by atoms with Crippen molar-refractivity contribution in [2.75, 3.05) is 0 Å². The van der Waals surface area contributed by atoms with E-state index in [1.165, 1.54) is 49.7 Å². The number of rotatable bonds is 8. The summed E-state index contributed by atoms with van der Waals surface area (Å²) < 4.78 is 0. The Balaban J connectivity index is 1.11. The third kappa shape index (κ3) is 7.18. The average molecular weight is 791 g/mol. The number of nitrogens with one attached hydrogen (secondary N) is 1. The van der Waals surface area contributed by atoms with Gasteiger partial charge in [0.25, 0.3) is 0 Å². The van der Waals surface area contributed by atoms with Gasteiger partial charge < -0.3 is 5.32 Å². The quantitative estimate of drug-likeness (QED) is 0.155. The van der Waals surface area contributed by atoms with Gasteiger partial charge in [-0.05, 0) is 121 Å². The van der Waals surface area contributed by atoms with E-state index in [4.69, 9.17) is 4.98 Å². The minimum Gasteiger partial charge on any atom is -0.374 e. The molecule has 2 heterocycles. The molecule has 10 aromatic rings. The molecule has 0 radical (unpaired) electrons. The van der Waals surface area contributed by atoms with E-state index in [9.17, 15) is 0 Å². The molecule has 1 atom stereocenters. The zero-order valence-electron chi connectivity index (χ0n) is 34.1. The lowest BCUT2D eigenvalue weighted by atomic mass is 9.88. The highest BCUT2D eigenvalue weighted by Gasteiger charge is 2.21. The summed E-state index contributed by atoms with van der Waals surface area (Å²) >= 11 is 0. The number of hydrogen-bond donors (Lipinski definition) is 1. The number of aromatic nitrogens is 1. The van der Waals surface area contributed by atoms with Crippen molar-refractivity contribution in [2.24, 2.45) is 0 Å². The van der Waals surface area contributed by atoms with Crippen molar-refractivity contribution in [1.82, 2.24) is 10.3 Å². The Labute approximate surface area is 362 Å². The fraction of sp³-hybridized carbons (Fsp3) is 0.0167. The number of dihydropyridines is 1. The fourth-order valence-corrected chi connectivity index (χ4v) is 8.97. The van der Waals surface area contributed by atoms with Gasteiger partial charge in [0.1, 0.15) is 0 Å². The van der Waals surface area contributed by atoms with Crippen molar-refractivity contribution in [2.45, 2.75) is 6.04 Å². The molecule has 1 unspecified atom stereocenters. The Kier molecular flexibility index (Phi) is 9.65. The summed E-state index contributed by atoms with van der Waals surface area (Å²) in [7, 11) is 0. The predicted molar refractivity (Wildman–Crippen MR) is 261 cm³/mol. The van der Waals surface area contributed by atoms with Gasteiger partial charge in [-0.3, -0.25) is 0 Å². The van der Waals surface area contributed by atoms with E-state index in [1.807, 2.05) is 0 Å². The second-order valence-electron chi connectivity index (χ2n) is 16.0. The summed E-state index contributed by atoms with van der Waals surface area (Å²) in [5.41, 5.74) is 18.1. The highest BCUT2D eigenvalue weighted by molar-refractivity contribution is 6.18. The Morgan fingerprint density at radius 1 is 0.371 bits per heavy atom. The molecular weight excluding hydrogens is 749 g/mol. The van der Waals surface area contributed by atoms with Crippen molar-refractivity contribution >= 4 is 32.9 Å². The van der Waals surface area contributed by atoms with Gasteiger partial charge in [0.2, 0.25) is 0 Å². The Morgan fingerprint density at radius 3 is 1.55 bits per heavy atom. The van der Waals surface area contributed by atoms with Crippen LogP contribution in [0.25, 0.3) is 88.7 Å². The normalized spacial score (nSPS) is 13.6. The van der Waals surface area contributed by atoms with Crippen LogP contribution in [0.2, 0.25) is 0 Å². The highest BCUT2D eigenvalue weighted by Crippen LogP contribution is 2.43. The molecule has 1 aromatic heterocycles. The van der Waals surface area contributed by atoms with E-state index in [2.05, 4.69) is 248 Å². The van der Waals surface area contributed by atoms with Crippen molar-refractivity contribution < 1.29 is 0 Å². The first-order valence-electron chi connectivity index (χ1n) is 21.3. The lowest BCUT2D eigenvalue weighted by Gasteiger charge is -2.26. The lowest BCUT2D eigenvalue weighted by molar-refractivity contribution is 0.767. The molecule has 0 fully saturated rings. The molecule has 1 aliphatic heterocycles. The summed E-state index contributed by atoms with van der Waals surface area (Å²) in [4.78, 5) is 5.53. The number of allylic oxidation sites excluding steroid dienone is 2. The van der Waals surface area contributed by atoms with Crippen LogP contribution in [-0.2, 0) is 0 Å². The minimum atomic E-state index is -0.0413. The Morgan fingerprint density at radius 2 is 0.887 bits per heavy atom. The van der Waals surface area contributed by atoms with E-state index in [-0.39, 0.29) is 6.04 Å². The predicted octanol–water partition coefficient (Wildman–Crippen LogP) is 15.5. The zero-order chi connectivity index (χ0) is 41.2. The van der Waals surface area contributed by atoms with Gasteiger partial charge in [0.05, 0.1) is 17.3 Å². The number of benzene rings is 9. The fourth-order valence-electron chi connectivity index (χ4n) is 8.97. The average Bonchev–Trinajstić information content (AvgIpc) is 3.37. The van der Waals surface area contributed by atoms with Gasteiger partial charge in [-0.1, -0.05) is 194 Å². The second kappa shape index (κ2) is 16.2. The molecule has 0 amide bonds. The third-order valence-corrected chi connectivity index (χ3v) is 12.0. The molecular formula is C60H42N2. The summed E-state index contributed by atoms with van der Waals surface area (Å²) in [6, 6.07) is 82.7. The largest absolute Gasteiger partial charge is 0.374 e. The minimum absolute atomic E-state index is 0.0413. The molecule has 0 spiro atoms. The number of pyridine rings is 1. The third-order valence-electron chi connectivity index (χ3n) is 12.0. The Hall–Kier alpha value is -8.07. The van der Waals surface area contributed by atoms with Crippen LogP contribution in [0.1, 0.15) is 22.7 Å². The maximum Gasteiger partial charge on any atom is 0.0800 e.